The van der Waals surface area contributed by atoms with E-state index in [0.29, 0.717) is 0 Å². The Labute approximate surface area is 222 Å². The molecule has 1 atom stereocenters. The SMILES string of the molecule is c1ccc(C2c3ccccc3-c3cc(-c4cccc(-n5c6ccccc6c6ccccc65)c4)ccc32)cc1. The zero-order chi connectivity index (χ0) is 25.1. The Balaban J connectivity index is 1.29. The number of aromatic nitrogens is 1. The molecule has 1 heteroatoms. The lowest BCUT2D eigenvalue weighted by Gasteiger charge is -2.15. The lowest BCUT2D eigenvalue weighted by Crippen LogP contribution is -1.98. The van der Waals surface area contributed by atoms with Crippen LogP contribution in [0.15, 0.2) is 146 Å². The molecule has 1 unspecified atom stereocenters. The first-order valence-electron chi connectivity index (χ1n) is 13.2. The van der Waals surface area contributed by atoms with Gasteiger partial charge in [0.05, 0.1) is 11.0 Å². The Hall–Kier alpha value is -4.88. The van der Waals surface area contributed by atoms with Gasteiger partial charge in [-0.25, -0.2) is 0 Å². The van der Waals surface area contributed by atoms with Crippen LogP contribution in [0.3, 0.4) is 0 Å². The van der Waals surface area contributed by atoms with Gasteiger partial charge in [0, 0.05) is 22.4 Å². The quantitative estimate of drug-likeness (QED) is 0.236. The average molecular weight is 484 g/mol. The minimum Gasteiger partial charge on any atom is -0.309 e. The van der Waals surface area contributed by atoms with Crippen molar-refractivity contribution in [3.63, 3.8) is 0 Å². The standard InChI is InChI=1S/C37H25N/c1-2-11-25(12-3-1)37-32-18-5-4-15-29(32)34-24-27(21-22-33(34)37)26-13-10-14-28(23-26)38-35-19-8-6-16-30(35)31-17-7-9-20-36(31)38/h1-24,37H. The predicted octanol–water partition coefficient (Wildman–Crippen LogP) is 9.61. The lowest BCUT2D eigenvalue weighted by molar-refractivity contribution is 1.02. The van der Waals surface area contributed by atoms with Crippen molar-refractivity contribution < 1.29 is 0 Å². The van der Waals surface area contributed by atoms with Crippen LogP contribution in [0.4, 0.5) is 0 Å². The lowest BCUT2D eigenvalue weighted by atomic mass is 9.89. The van der Waals surface area contributed by atoms with Crippen LogP contribution in [-0.4, -0.2) is 4.57 Å². The molecule has 0 fully saturated rings. The first kappa shape index (κ1) is 21.2. The summed E-state index contributed by atoms with van der Waals surface area (Å²) in [5.41, 5.74) is 12.9. The molecular formula is C37H25N. The fraction of sp³-hybridized carbons (Fsp3) is 0.0270. The molecule has 1 aliphatic rings. The number of nitrogens with zero attached hydrogens (tertiary/aromatic N) is 1. The molecule has 0 bridgehead atoms. The molecule has 0 N–H and O–H groups in total. The summed E-state index contributed by atoms with van der Waals surface area (Å²) in [6.07, 6.45) is 0. The minimum absolute atomic E-state index is 0.278. The van der Waals surface area contributed by atoms with Crippen molar-refractivity contribution in [1.82, 2.24) is 4.57 Å². The second-order valence-corrected chi connectivity index (χ2v) is 10.2. The second-order valence-electron chi connectivity index (χ2n) is 10.2. The van der Waals surface area contributed by atoms with Crippen molar-refractivity contribution in [2.45, 2.75) is 5.92 Å². The highest BCUT2D eigenvalue weighted by molar-refractivity contribution is 6.09. The van der Waals surface area contributed by atoms with E-state index in [9.17, 15) is 0 Å². The zero-order valence-corrected chi connectivity index (χ0v) is 20.9. The smallest absolute Gasteiger partial charge is 0.0541 e. The highest BCUT2D eigenvalue weighted by Gasteiger charge is 2.29. The molecule has 1 aromatic heterocycles. The van der Waals surface area contributed by atoms with Crippen LogP contribution in [-0.2, 0) is 0 Å². The van der Waals surface area contributed by atoms with Crippen LogP contribution in [0.25, 0.3) is 49.7 Å². The Bertz CT molecular complexity index is 1920. The summed E-state index contributed by atoms with van der Waals surface area (Å²) < 4.78 is 2.39. The van der Waals surface area contributed by atoms with Gasteiger partial charge in [0.15, 0.2) is 0 Å². The van der Waals surface area contributed by atoms with Crippen molar-refractivity contribution in [3.05, 3.63) is 162 Å². The Morgan fingerprint density at radius 3 is 1.84 bits per heavy atom. The first-order chi connectivity index (χ1) is 18.9. The number of para-hydroxylation sites is 2. The molecule has 1 heterocycles. The van der Waals surface area contributed by atoms with Gasteiger partial charge in [-0.05, 0) is 69.3 Å². The summed E-state index contributed by atoms with van der Waals surface area (Å²) in [6, 6.07) is 53.1. The first-order valence-corrected chi connectivity index (χ1v) is 13.2. The number of hydrogen-bond donors (Lipinski definition) is 0. The van der Waals surface area contributed by atoms with Crippen LogP contribution in [0.1, 0.15) is 22.6 Å². The van der Waals surface area contributed by atoms with Gasteiger partial charge in [-0.2, -0.15) is 0 Å². The molecule has 0 radical (unpaired) electrons. The zero-order valence-electron chi connectivity index (χ0n) is 20.9. The highest BCUT2D eigenvalue weighted by atomic mass is 15.0. The highest BCUT2D eigenvalue weighted by Crippen LogP contribution is 2.49. The summed E-state index contributed by atoms with van der Waals surface area (Å²) in [7, 11) is 0. The molecule has 1 aliphatic carbocycles. The summed E-state index contributed by atoms with van der Waals surface area (Å²) in [4.78, 5) is 0. The summed E-state index contributed by atoms with van der Waals surface area (Å²) in [6.45, 7) is 0. The topological polar surface area (TPSA) is 4.93 Å². The van der Waals surface area contributed by atoms with E-state index in [2.05, 4.69) is 150 Å². The van der Waals surface area contributed by atoms with Gasteiger partial charge < -0.3 is 4.57 Å². The van der Waals surface area contributed by atoms with Gasteiger partial charge in [0.1, 0.15) is 0 Å². The van der Waals surface area contributed by atoms with E-state index in [0.717, 1.165) is 0 Å². The molecule has 38 heavy (non-hydrogen) atoms. The van der Waals surface area contributed by atoms with Crippen LogP contribution in [0.5, 0.6) is 0 Å². The number of hydrogen-bond acceptors (Lipinski definition) is 0. The van der Waals surface area contributed by atoms with E-state index in [4.69, 9.17) is 0 Å². The van der Waals surface area contributed by atoms with Crippen molar-refractivity contribution in [2.24, 2.45) is 0 Å². The third-order valence-electron chi connectivity index (χ3n) is 8.08. The monoisotopic (exact) mass is 483 g/mol. The van der Waals surface area contributed by atoms with Crippen molar-refractivity contribution in [2.75, 3.05) is 0 Å². The van der Waals surface area contributed by atoms with E-state index < -0.39 is 0 Å². The fourth-order valence-electron chi connectivity index (χ4n) is 6.41. The van der Waals surface area contributed by atoms with Crippen molar-refractivity contribution >= 4 is 21.8 Å². The van der Waals surface area contributed by atoms with Crippen LogP contribution in [0.2, 0.25) is 0 Å². The van der Waals surface area contributed by atoms with Crippen LogP contribution >= 0.6 is 0 Å². The molecule has 178 valence electrons. The van der Waals surface area contributed by atoms with E-state index >= 15 is 0 Å². The van der Waals surface area contributed by atoms with Gasteiger partial charge in [-0.15, -0.1) is 0 Å². The second kappa shape index (κ2) is 8.33. The maximum Gasteiger partial charge on any atom is 0.0541 e. The number of rotatable bonds is 3. The van der Waals surface area contributed by atoms with E-state index in [1.807, 2.05) is 0 Å². The van der Waals surface area contributed by atoms with Crippen LogP contribution < -0.4 is 0 Å². The van der Waals surface area contributed by atoms with Gasteiger partial charge >= 0.3 is 0 Å². The molecule has 6 aromatic carbocycles. The summed E-state index contributed by atoms with van der Waals surface area (Å²) in [5.74, 6) is 0.278. The molecule has 0 saturated carbocycles. The third kappa shape index (κ3) is 3.12. The van der Waals surface area contributed by atoms with Crippen molar-refractivity contribution in [3.8, 4) is 27.9 Å². The molecule has 7 aromatic rings. The fourth-order valence-corrected chi connectivity index (χ4v) is 6.41. The van der Waals surface area contributed by atoms with E-state index in [1.54, 1.807) is 0 Å². The average Bonchev–Trinajstić information content (AvgIpc) is 3.50. The minimum atomic E-state index is 0.278. The third-order valence-corrected chi connectivity index (χ3v) is 8.08. The largest absolute Gasteiger partial charge is 0.309 e. The van der Waals surface area contributed by atoms with E-state index in [1.165, 1.54) is 66.4 Å². The maximum atomic E-state index is 2.39. The summed E-state index contributed by atoms with van der Waals surface area (Å²) in [5, 5.41) is 2.57. The van der Waals surface area contributed by atoms with Gasteiger partial charge in [-0.1, -0.05) is 115 Å². The molecule has 0 aliphatic heterocycles. The molecule has 0 saturated heterocycles. The number of benzene rings is 6. The number of fused-ring (bicyclic) bond motifs is 6. The van der Waals surface area contributed by atoms with Crippen molar-refractivity contribution in [1.29, 1.82) is 0 Å². The Morgan fingerprint density at radius 2 is 1.05 bits per heavy atom. The van der Waals surface area contributed by atoms with Gasteiger partial charge in [-0.3, -0.25) is 0 Å². The van der Waals surface area contributed by atoms with Crippen LogP contribution in [0, 0.1) is 0 Å². The molecule has 0 spiro atoms. The molecule has 1 nitrogen and oxygen atoms in total. The maximum absolute atomic E-state index is 2.39. The predicted molar refractivity (Wildman–Crippen MR) is 159 cm³/mol. The van der Waals surface area contributed by atoms with E-state index in [-0.39, 0.29) is 5.92 Å². The molecule has 0 amide bonds. The summed E-state index contributed by atoms with van der Waals surface area (Å²) >= 11 is 0. The van der Waals surface area contributed by atoms with Gasteiger partial charge in [0.25, 0.3) is 0 Å². The van der Waals surface area contributed by atoms with Gasteiger partial charge in [0.2, 0.25) is 0 Å². The normalized spacial score (nSPS) is 14.1. The Kier molecular flexibility index (Phi) is 4.65. The molecule has 8 rings (SSSR count). The molecular weight excluding hydrogens is 458 g/mol. The Morgan fingerprint density at radius 1 is 0.421 bits per heavy atom.